The van der Waals surface area contributed by atoms with Crippen molar-refractivity contribution in [3.05, 3.63) is 47.3 Å². The Kier molecular flexibility index (Phi) is 4.64. The van der Waals surface area contributed by atoms with Gasteiger partial charge >= 0.3 is 12.1 Å². The maximum atomic E-state index is 11.8. The number of aromatic nitrogens is 1. The molecule has 0 aliphatic carbocycles. The second-order valence-corrected chi connectivity index (χ2v) is 5.47. The molecule has 0 saturated carbocycles. The van der Waals surface area contributed by atoms with Crippen molar-refractivity contribution < 1.29 is 18.8 Å². The van der Waals surface area contributed by atoms with Gasteiger partial charge < -0.3 is 24.8 Å². The first-order chi connectivity index (χ1) is 11.6. The number of hydrogen-bond donors (Lipinski definition) is 2. The standard InChI is InChI=1S/C16H18N4O4/c1-11-8-14(19-24-11)9-17-15(21)18-13-4-2-12(3-5-13)10-20-6-7-23-16(20)22/h2-5,8H,6-7,9-10H2,1H3,(H2,17,18,21). The summed E-state index contributed by atoms with van der Waals surface area (Å²) in [6.45, 7) is 3.61. The van der Waals surface area contributed by atoms with E-state index in [-0.39, 0.29) is 12.1 Å². The number of nitrogens with one attached hydrogen (secondary N) is 2. The van der Waals surface area contributed by atoms with Gasteiger partial charge in [-0.05, 0) is 24.6 Å². The zero-order valence-electron chi connectivity index (χ0n) is 13.2. The van der Waals surface area contributed by atoms with Gasteiger partial charge in [-0.15, -0.1) is 0 Å². The number of urea groups is 1. The van der Waals surface area contributed by atoms with Gasteiger partial charge in [0.15, 0.2) is 0 Å². The fourth-order valence-electron chi connectivity index (χ4n) is 2.33. The van der Waals surface area contributed by atoms with Gasteiger partial charge in [-0.2, -0.15) is 0 Å². The van der Waals surface area contributed by atoms with Gasteiger partial charge in [0.25, 0.3) is 0 Å². The largest absolute Gasteiger partial charge is 0.448 e. The topological polar surface area (TPSA) is 96.7 Å². The van der Waals surface area contributed by atoms with Crippen LogP contribution in [0, 0.1) is 6.92 Å². The molecule has 2 N–H and O–H groups in total. The fourth-order valence-corrected chi connectivity index (χ4v) is 2.33. The Morgan fingerprint density at radius 2 is 2.12 bits per heavy atom. The van der Waals surface area contributed by atoms with E-state index in [2.05, 4.69) is 15.8 Å². The Morgan fingerprint density at radius 3 is 2.75 bits per heavy atom. The van der Waals surface area contributed by atoms with Gasteiger partial charge in [0.2, 0.25) is 0 Å². The normalized spacial score (nSPS) is 13.7. The third-order valence-electron chi connectivity index (χ3n) is 3.54. The lowest BCUT2D eigenvalue weighted by Gasteiger charge is -2.13. The molecule has 0 atom stereocenters. The lowest BCUT2D eigenvalue weighted by Crippen LogP contribution is -2.28. The van der Waals surface area contributed by atoms with Gasteiger partial charge in [-0.1, -0.05) is 17.3 Å². The van der Waals surface area contributed by atoms with E-state index >= 15 is 0 Å². The molecule has 0 bridgehead atoms. The highest BCUT2D eigenvalue weighted by molar-refractivity contribution is 5.89. The SMILES string of the molecule is Cc1cc(CNC(=O)Nc2ccc(CN3CCOC3=O)cc2)no1. The van der Waals surface area contributed by atoms with E-state index in [0.29, 0.717) is 43.4 Å². The van der Waals surface area contributed by atoms with Crippen molar-refractivity contribution in [2.45, 2.75) is 20.0 Å². The average molecular weight is 330 g/mol. The molecule has 24 heavy (non-hydrogen) atoms. The molecular weight excluding hydrogens is 312 g/mol. The van der Waals surface area contributed by atoms with Crippen molar-refractivity contribution in [2.24, 2.45) is 0 Å². The lowest BCUT2D eigenvalue weighted by atomic mass is 10.2. The molecule has 1 aromatic heterocycles. The summed E-state index contributed by atoms with van der Waals surface area (Å²) < 4.78 is 9.82. The van der Waals surface area contributed by atoms with Gasteiger partial charge in [-0.25, -0.2) is 9.59 Å². The number of carbonyl (C=O) groups is 2. The first-order valence-electron chi connectivity index (χ1n) is 7.58. The number of anilines is 1. The molecule has 8 nitrogen and oxygen atoms in total. The van der Waals surface area contributed by atoms with E-state index in [1.807, 2.05) is 12.1 Å². The Bertz CT molecular complexity index is 726. The highest BCUT2D eigenvalue weighted by atomic mass is 16.6. The molecule has 2 heterocycles. The Hall–Kier alpha value is -3.03. The maximum absolute atomic E-state index is 11.8. The third kappa shape index (κ3) is 4.03. The molecule has 3 amide bonds. The van der Waals surface area contributed by atoms with Crippen LogP contribution in [-0.2, 0) is 17.8 Å². The van der Waals surface area contributed by atoms with E-state index in [4.69, 9.17) is 9.26 Å². The molecule has 0 radical (unpaired) electrons. The zero-order chi connectivity index (χ0) is 16.9. The molecule has 3 rings (SSSR count). The Morgan fingerprint density at radius 1 is 1.33 bits per heavy atom. The van der Waals surface area contributed by atoms with Crippen LogP contribution in [0.4, 0.5) is 15.3 Å². The molecule has 0 spiro atoms. The van der Waals surface area contributed by atoms with Crippen LogP contribution in [0.2, 0.25) is 0 Å². The van der Waals surface area contributed by atoms with Crippen molar-refractivity contribution in [3.8, 4) is 0 Å². The van der Waals surface area contributed by atoms with Crippen molar-refractivity contribution in [1.82, 2.24) is 15.4 Å². The van der Waals surface area contributed by atoms with Crippen LogP contribution < -0.4 is 10.6 Å². The first kappa shape index (κ1) is 15.9. The van der Waals surface area contributed by atoms with E-state index < -0.39 is 0 Å². The lowest BCUT2D eigenvalue weighted by molar-refractivity contribution is 0.157. The molecule has 2 aromatic rings. The minimum atomic E-state index is -0.327. The number of ether oxygens (including phenoxy) is 1. The summed E-state index contributed by atoms with van der Waals surface area (Å²) in [6, 6.07) is 8.74. The van der Waals surface area contributed by atoms with Gasteiger partial charge in [0, 0.05) is 18.3 Å². The van der Waals surface area contributed by atoms with Crippen LogP contribution in [0.3, 0.4) is 0 Å². The molecule has 1 saturated heterocycles. The fraction of sp³-hybridized carbons (Fsp3) is 0.312. The third-order valence-corrected chi connectivity index (χ3v) is 3.54. The number of hydrogen-bond acceptors (Lipinski definition) is 5. The summed E-state index contributed by atoms with van der Waals surface area (Å²) in [6.07, 6.45) is -0.292. The minimum Gasteiger partial charge on any atom is -0.448 e. The molecule has 0 unspecified atom stereocenters. The smallest absolute Gasteiger partial charge is 0.410 e. The van der Waals surface area contributed by atoms with Crippen LogP contribution in [0.15, 0.2) is 34.9 Å². The summed E-state index contributed by atoms with van der Waals surface area (Å²) >= 11 is 0. The summed E-state index contributed by atoms with van der Waals surface area (Å²) in [5.41, 5.74) is 2.30. The van der Waals surface area contributed by atoms with Crippen molar-refractivity contribution in [3.63, 3.8) is 0 Å². The molecule has 1 aliphatic rings. The number of amides is 3. The number of aryl methyl sites for hydroxylation is 1. The summed E-state index contributed by atoms with van der Waals surface area (Å²) in [5, 5.41) is 9.23. The predicted molar refractivity (Wildman–Crippen MR) is 85.3 cm³/mol. The number of cyclic esters (lactones) is 1. The second-order valence-electron chi connectivity index (χ2n) is 5.47. The average Bonchev–Trinajstić information content (AvgIpc) is 3.16. The number of benzene rings is 1. The molecule has 8 heteroatoms. The van der Waals surface area contributed by atoms with Crippen molar-refractivity contribution >= 4 is 17.8 Å². The maximum Gasteiger partial charge on any atom is 0.410 e. The predicted octanol–water partition coefficient (Wildman–Crippen LogP) is 2.26. The molecular formula is C16H18N4O4. The quantitative estimate of drug-likeness (QED) is 0.876. The van der Waals surface area contributed by atoms with Crippen molar-refractivity contribution in [2.75, 3.05) is 18.5 Å². The molecule has 1 fully saturated rings. The van der Waals surface area contributed by atoms with Crippen molar-refractivity contribution in [1.29, 1.82) is 0 Å². The summed E-state index contributed by atoms with van der Waals surface area (Å²) in [5.74, 6) is 0.699. The number of carbonyl (C=O) groups excluding carboxylic acids is 2. The minimum absolute atomic E-state index is 0.290. The second kappa shape index (κ2) is 7.03. The van der Waals surface area contributed by atoms with Crippen LogP contribution in [-0.4, -0.2) is 35.3 Å². The van der Waals surface area contributed by atoms with E-state index in [9.17, 15) is 9.59 Å². The Labute approximate surface area is 138 Å². The van der Waals surface area contributed by atoms with E-state index in [0.717, 1.165) is 5.56 Å². The monoisotopic (exact) mass is 330 g/mol. The van der Waals surface area contributed by atoms with Gasteiger partial charge in [0.1, 0.15) is 18.1 Å². The summed E-state index contributed by atoms with van der Waals surface area (Å²) in [7, 11) is 0. The molecule has 1 aromatic carbocycles. The number of rotatable bonds is 5. The van der Waals surface area contributed by atoms with Crippen LogP contribution in [0.1, 0.15) is 17.0 Å². The van der Waals surface area contributed by atoms with Crippen LogP contribution in [0.5, 0.6) is 0 Å². The van der Waals surface area contributed by atoms with Gasteiger partial charge in [-0.3, -0.25) is 0 Å². The van der Waals surface area contributed by atoms with Gasteiger partial charge in [0.05, 0.1) is 13.1 Å². The van der Waals surface area contributed by atoms with E-state index in [1.165, 1.54) is 0 Å². The van der Waals surface area contributed by atoms with Crippen LogP contribution in [0.25, 0.3) is 0 Å². The van der Waals surface area contributed by atoms with E-state index in [1.54, 1.807) is 30.0 Å². The first-order valence-corrected chi connectivity index (χ1v) is 7.58. The highest BCUT2D eigenvalue weighted by Gasteiger charge is 2.21. The summed E-state index contributed by atoms with van der Waals surface area (Å²) in [4.78, 5) is 24.9. The van der Waals surface area contributed by atoms with Crippen LogP contribution >= 0.6 is 0 Å². The Balaban J connectivity index is 1.48. The molecule has 126 valence electrons. The molecule has 1 aliphatic heterocycles. The number of nitrogens with zero attached hydrogens (tertiary/aromatic N) is 2. The highest BCUT2D eigenvalue weighted by Crippen LogP contribution is 2.14. The zero-order valence-corrected chi connectivity index (χ0v) is 13.2.